The lowest BCUT2D eigenvalue weighted by molar-refractivity contribution is -0.394. The van der Waals surface area contributed by atoms with Crippen LogP contribution < -0.4 is 4.74 Å². The predicted octanol–water partition coefficient (Wildman–Crippen LogP) is 1.06. The second-order valence-corrected chi connectivity index (χ2v) is 3.90. The molecule has 0 N–H and O–H groups in total. The summed E-state index contributed by atoms with van der Waals surface area (Å²) in [5.41, 5.74) is 0. The smallest absolute Gasteiger partial charge is 0.445 e. The lowest BCUT2D eigenvalue weighted by Crippen LogP contribution is -2.25. The van der Waals surface area contributed by atoms with Gasteiger partial charge in [-0.1, -0.05) is 6.42 Å². The first kappa shape index (κ1) is 8.63. The van der Waals surface area contributed by atoms with Crippen LogP contribution in [0.1, 0.15) is 31.7 Å². The van der Waals surface area contributed by atoms with Crippen LogP contribution in [0.15, 0.2) is 0 Å². The minimum absolute atomic E-state index is 0.120. The van der Waals surface area contributed by atoms with E-state index in [0.717, 1.165) is 25.7 Å². The zero-order valence-corrected chi connectivity index (χ0v) is 8.00. The second-order valence-electron chi connectivity index (χ2n) is 3.90. The normalized spacial score (nSPS) is 28.0. The van der Waals surface area contributed by atoms with Crippen molar-refractivity contribution in [3.63, 3.8) is 0 Å². The van der Waals surface area contributed by atoms with Crippen molar-refractivity contribution >= 4 is 5.95 Å². The average molecular weight is 210 g/mol. The van der Waals surface area contributed by atoms with E-state index < -0.39 is 4.92 Å². The molecular weight excluding hydrogens is 200 g/mol. The van der Waals surface area contributed by atoms with Gasteiger partial charge >= 0.3 is 12.0 Å². The highest BCUT2D eigenvalue weighted by molar-refractivity contribution is 5.14. The standard InChI is InChI=1S/C8H10N4O3/c13-12(14)7-9-8-11(10-7)5-3-1-2-4-6(5)15-8/h5-6H,1-4H2. The van der Waals surface area contributed by atoms with Crippen LogP contribution in [0.25, 0.3) is 0 Å². The molecule has 2 atom stereocenters. The zero-order valence-electron chi connectivity index (χ0n) is 8.00. The molecule has 0 radical (unpaired) electrons. The summed E-state index contributed by atoms with van der Waals surface area (Å²) >= 11 is 0. The van der Waals surface area contributed by atoms with Crippen LogP contribution in [-0.2, 0) is 0 Å². The molecule has 1 aromatic heterocycles. The van der Waals surface area contributed by atoms with E-state index in [9.17, 15) is 10.1 Å². The molecule has 0 bridgehead atoms. The topological polar surface area (TPSA) is 83.1 Å². The number of aromatic nitrogens is 3. The van der Waals surface area contributed by atoms with Crippen LogP contribution in [0, 0.1) is 10.1 Å². The first-order chi connectivity index (χ1) is 7.25. The predicted molar refractivity (Wildman–Crippen MR) is 48.6 cm³/mol. The summed E-state index contributed by atoms with van der Waals surface area (Å²) in [6, 6.07) is 0.452. The third-order valence-electron chi connectivity index (χ3n) is 2.99. The molecule has 2 aliphatic rings. The number of nitrogens with zero attached hydrogens (tertiary/aromatic N) is 4. The van der Waals surface area contributed by atoms with Gasteiger partial charge in [0, 0.05) is 5.10 Å². The first-order valence-corrected chi connectivity index (χ1v) is 5.03. The van der Waals surface area contributed by atoms with Gasteiger partial charge in [0.2, 0.25) is 0 Å². The van der Waals surface area contributed by atoms with Gasteiger partial charge in [0.25, 0.3) is 0 Å². The third-order valence-corrected chi connectivity index (χ3v) is 2.99. The fourth-order valence-electron chi connectivity index (χ4n) is 2.30. The Morgan fingerprint density at radius 2 is 2.27 bits per heavy atom. The first-order valence-electron chi connectivity index (χ1n) is 5.03. The number of hydrogen-bond acceptors (Lipinski definition) is 5. The summed E-state index contributed by atoms with van der Waals surface area (Å²) in [5.74, 6) is -0.367. The summed E-state index contributed by atoms with van der Waals surface area (Å²) in [6.45, 7) is 0. The quantitative estimate of drug-likeness (QED) is 0.511. The van der Waals surface area contributed by atoms with Gasteiger partial charge in [-0.3, -0.25) is 0 Å². The summed E-state index contributed by atoms with van der Waals surface area (Å²) in [5, 5.41) is 14.3. The number of rotatable bonds is 1. The van der Waals surface area contributed by atoms with Crippen molar-refractivity contribution in [2.75, 3.05) is 0 Å². The molecule has 2 unspecified atom stereocenters. The molecule has 7 nitrogen and oxygen atoms in total. The van der Waals surface area contributed by atoms with E-state index in [1.165, 1.54) is 0 Å². The summed E-state index contributed by atoms with van der Waals surface area (Å²) in [6.07, 6.45) is 4.35. The third kappa shape index (κ3) is 1.19. The van der Waals surface area contributed by atoms with Crippen LogP contribution in [-0.4, -0.2) is 25.8 Å². The van der Waals surface area contributed by atoms with Gasteiger partial charge in [-0.2, -0.15) is 0 Å². The molecule has 0 saturated heterocycles. The van der Waals surface area contributed by atoms with Crippen LogP contribution in [0.2, 0.25) is 0 Å². The average Bonchev–Trinajstić information content (AvgIpc) is 2.73. The molecule has 0 aromatic carbocycles. The fraction of sp³-hybridized carbons (Fsp3) is 0.750. The highest BCUT2D eigenvalue weighted by Gasteiger charge is 2.43. The SMILES string of the molecule is O=[N+]([O-])c1nc2n(n1)C1CCCCC1O2. The molecule has 1 aliphatic carbocycles. The Labute approximate surface area is 85.2 Å². The van der Waals surface area contributed by atoms with Crippen molar-refractivity contribution in [1.82, 2.24) is 14.8 Å². The molecular formula is C8H10N4O3. The summed E-state index contributed by atoms with van der Waals surface area (Å²) < 4.78 is 7.10. The van der Waals surface area contributed by atoms with Crippen molar-refractivity contribution in [2.45, 2.75) is 37.8 Å². The van der Waals surface area contributed by atoms with Crippen molar-refractivity contribution in [3.05, 3.63) is 10.1 Å². The molecule has 1 fully saturated rings. The number of hydrogen-bond donors (Lipinski definition) is 0. The van der Waals surface area contributed by atoms with Gasteiger partial charge < -0.3 is 14.9 Å². The molecule has 0 amide bonds. The molecule has 7 heteroatoms. The summed E-state index contributed by atoms with van der Waals surface area (Å²) in [4.78, 5) is 13.6. The van der Waals surface area contributed by atoms with Crippen LogP contribution >= 0.6 is 0 Å². The van der Waals surface area contributed by atoms with E-state index in [0.29, 0.717) is 6.01 Å². The van der Waals surface area contributed by atoms with Gasteiger partial charge in [-0.25, -0.2) is 0 Å². The maximum absolute atomic E-state index is 10.5. The Morgan fingerprint density at radius 1 is 1.47 bits per heavy atom. The van der Waals surface area contributed by atoms with Crippen molar-refractivity contribution in [2.24, 2.45) is 0 Å². The lowest BCUT2D eigenvalue weighted by Gasteiger charge is -2.21. The summed E-state index contributed by atoms with van der Waals surface area (Å²) in [7, 11) is 0. The maximum atomic E-state index is 10.5. The maximum Gasteiger partial charge on any atom is 0.494 e. The highest BCUT2D eigenvalue weighted by Crippen LogP contribution is 2.39. The van der Waals surface area contributed by atoms with E-state index in [2.05, 4.69) is 10.1 Å². The number of nitro groups is 1. The largest absolute Gasteiger partial charge is 0.494 e. The molecule has 80 valence electrons. The molecule has 1 saturated carbocycles. The Kier molecular flexibility index (Phi) is 1.68. The number of fused-ring (bicyclic) bond motifs is 3. The van der Waals surface area contributed by atoms with Crippen LogP contribution in [0.3, 0.4) is 0 Å². The minimum Gasteiger partial charge on any atom is -0.445 e. The van der Waals surface area contributed by atoms with Crippen LogP contribution in [0.5, 0.6) is 6.01 Å². The Morgan fingerprint density at radius 3 is 3.07 bits per heavy atom. The molecule has 2 heterocycles. The zero-order chi connectivity index (χ0) is 10.4. The van der Waals surface area contributed by atoms with Gasteiger partial charge in [0.1, 0.15) is 12.1 Å². The van der Waals surface area contributed by atoms with E-state index in [1.54, 1.807) is 4.68 Å². The van der Waals surface area contributed by atoms with E-state index in [-0.39, 0.29) is 18.1 Å². The fourth-order valence-corrected chi connectivity index (χ4v) is 2.30. The monoisotopic (exact) mass is 210 g/mol. The van der Waals surface area contributed by atoms with Gasteiger partial charge in [-0.05, 0) is 29.2 Å². The van der Waals surface area contributed by atoms with Crippen molar-refractivity contribution in [3.8, 4) is 6.01 Å². The van der Waals surface area contributed by atoms with Crippen LogP contribution in [0.4, 0.5) is 5.95 Å². The van der Waals surface area contributed by atoms with Crippen molar-refractivity contribution in [1.29, 1.82) is 0 Å². The molecule has 15 heavy (non-hydrogen) atoms. The van der Waals surface area contributed by atoms with Crippen molar-refractivity contribution < 1.29 is 9.66 Å². The Hall–Kier alpha value is -1.66. The Balaban J connectivity index is 1.96. The molecule has 3 rings (SSSR count). The molecule has 1 aliphatic heterocycles. The highest BCUT2D eigenvalue weighted by atomic mass is 16.6. The van der Waals surface area contributed by atoms with E-state index in [1.807, 2.05) is 0 Å². The van der Waals surface area contributed by atoms with Gasteiger partial charge in [0.05, 0.1) is 0 Å². The van der Waals surface area contributed by atoms with Gasteiger partial charge in [-0.15, -0.1) is 4.68 Å². The van der Waals surface area contributed by atoms with E-state index >= 15 is 0 Å². The number of ether oxygens (including phenoxy) is 1. The van der Waals surface area contributed by atoms with Gasteiger partial charge in [0.15, 0.2) is 0 Å². The molecule has 0 spiro atoms. The second kappa shape index (κ2) is 2.91. The lowest BCUT2D eigenvalue weighted by atomic mass is 9.93. The molecule has 1 aromatic rings. The van der Waals surface area contributed by atoms with E-state index in [4.69, 9.17) is 4.74 Å². The minimum atomic E-state index is -0.591. The Bertz CT molecular complexity index is 416.